The summed E-state index contributed by atoms with van der Waals surface area (Å²) in [5, 5.41) is 19.2. The van der Waals surface area contributed by atoms with Crippen molar-refractivity contribution in [2.75, 3.05) is 0 Å². The van der Waals surface area contributed by atoms with Crippen LogP contribution >= 0.6 is 11.8 Å². The van der Waals surface area contributed by atoms with Crippen LogP contribution in [0.2, 0.25) is 0 Å². The number of rotatable bonds is 1. The van der Waals surface area contributed by atoms with E-state index in [1.165, 1.54) is 10.5 Å². The molecule has 0 spiro atoms. The second-order valence-corrected chi connectivity index (χ2v) is 8.80. The Morgan fingerprint density at radius 3 is 2.20 bits per heavy atom. The van der Waals surface area contributed by atoms with Crippen LogP contribution in [0.3, 0.4) is 0 Å². The van der Waals surface area contributed by atoms with Gasteiger partial charge in [0.25, 0.3) is 0 Å². The van der Waals surface area contributed by atoms with E-state index in [9.17, 15) is 10.2 Å². The van der Waals surface area contributed by atoms with Gasteiger partial charge in [-0.2, -0.15) is 0 Å². The molecule has 0 bridgehead atoms. The monoisotopic (exact) mass is 294 g/mol. The highest BCUT2D eigenvalue weighted by Crippen LogP contribution is 2.56. The van der Waals surface area contributed by atoms with Gasteiger partial charge in [0.05, 0.1) is 0 Å². The minimum absolute atomic E-state index is 0.0177. The Morgan fingerprint density at radius 1 is 1.15 bits per heavy atom. The standard InChI is InChI=1S/C17H26O2S/c1-9-8-12(15(18)19)10(2)13-14(9)20-17(6,7)11(3)16(13,4)5/h8,11,15,18-19H,1-7H3. The average Bonchev–Trinajstić information content (AvgIpc) is 2.30. The second-order valence-electron chi connectivity index (χ2n) is 7.13. The average molecular weight is 294 g/mol. The summed E-state index contributed by atoms with van der Waals surface area (Å²) in [4.78, 5) is 1.32. The van der Waals surface area contributed by atoms with Crippen LogP contribution in [0.15, 0.2) is 11.0 Å². The van der Waals surface area contributed by atoms with Crippen molar-refractivity contribution in [1.29, 1.82) is 0 Å². The fourth-order valence-corrected chi connectivity index (χ4v) is 5.27. The SMILES string of the molecule is Cc1cc(C(O)O)c(C)c2c1SC(C)(C)C(C)C2(C)C. The first kappa shape index (κ1) is 15.9. The Hall–Kier alpha value is -0.510. The fourth-order valence-electron chi connectivity index (χ4n) is 3.53. The molecule has 0 radical (unpaired) electrons. The fraction of sp³-hybridized carbons (Fsp3) is 0.647. The topological polar surface area (TPSA) is 40.5 Å². The van der Waals surface area contributed by atoms with Gasteiger partial charge in [-0.3, -0.25) is 0 Å². The summed E-state index contributed by atoms with van der Waals surface area (Å²) < 4.78 is 0.174. The Kier molecular flexibility index (Phi) is 3.77. The van der Waals surface area contributed by atoms with E-state index in [4.69, 9.17) is 0 Å². The van der Waals surface area contributed by atoms with Crippen LogP contribution < -0.4 is 0 Å². The van der Waals surface area contributed by atoms with E-state index in [1.807, 2.05) is 24.8 Å². The molecule has 0 amide bonds. The van der Waals surface area contributed by atoms with Crippen LogP contribution in [-0.4, -0.2) is 15.0 Å². The molecule has 2 nitrogen and oxygen atoms in total. The van der Waals surface area contributed by atoms with E-state index in [-0.39, 0.29) is 10.2 Å². The highest BCUT2D eigenvalue weighted by molar-refractivity contribution is 8.00. The van der Waals surface area contributed by atoms with Gasteiger partial charge in [0, 0.05) is 15.2 Å². The van der Waals surface area contributed by atoms with Crippen molar-refractivity contribution in [1.82, 2.24) is 0 Å². The zero-order valence-corrected chi connectivity index (χ0v) is 14.4. The molecule has 112 valence electrons. The highest BCUT2D eigenvalue weighted by Gasteiger charge is 2.46. The van der Waals surface area contributed by atoms with Crippen LogP contribution in [0.1, 0.15) is 63.2 Å². The molecule has 2 N–H and O–H groups in total. The van der Waals surface area contributed by atoms with Crippen LogP contribution in [-0.2, 0) is 5.41 Å². The molecule has 1 aliphatic heterocycles. The quantitative estimate of drug-likeness (QED) is 0.767. The lowest BCUT2D eigenvalue weighted by atomic mass is 9.67. The number of benzene rings is 1. The van der Waals surface area contributed by atoms with E-state index in [0.29, 0.717) is 11.5 Å². The van der Waals surface area contributed by atoms with Gasteiger partial charge in [-0.25, -0.2) is 0 Å². The molecule has 3 heteroatoms. The van der Waals surface area contributed by atoms with Gasteiger partial charge >= 0.3 is 0 Å². The second kappa shape index (κ2) is 4.75. The molecule has 20 heavy (non-hydrogen) atoms. The molecule has 0 aromatic heterocycles. The minimum Gasteiger partial charge on any atom is -0.364 e. The van der Waals surface area contributed by atoms with Crippen molar-refractivity contribution >= 4 is 11.8 Å². The molecule has 1 heterocycles. The van der Waals surface area contributed by atoms with Gasteiger partial charge in [0.1, 0.15) is 0 Å². The first-order valence-electron chi connectivity index (χ1n) is 7.20. The summed E-state index contributed by atoms with van der Waals surface area (Å²) in [6, 6.07) is 1.92. The molecule has 0 saturated heterocycles. The number of hydrogen-bond acceptors (Lipinski definition) is 3. The summed E-state index contributed by atoms with van der Waals surface area (Å²) in [6.45, 7) is 15.5. The van der Waals surface area contributed by atoms with E-state index >= 15 is 0 Å². The predicted molar refractivity (Wildman–Crippen MR) is 85.2 cm³/mol. The Bertz CT molecular complexity index is 544. The van der Waals surface area contributed by atoms with Crippen molar-refractivity contribution in [2.24, 2.45) is 5.92 Å². The van der Waals surface area contributed by atoms with Gasteiger partial charge in [0.15, 0.2) is 6.29 Å². The van der Waals surface area contributed by atoms with Crippen LogP contribution in [0.25, 0.3) is 0 Å². The molecule has 2 rings (SSSR count). The molecule has 0 fully saturated rings. The smallest absolute Gasteiger partial charge is 0.178 e. The van der Waals surface area contributed by atoms with Crippen LogP contribution in [0, 0.1) is 19.8 Å². The van der Waals surface area contributed by atoms with Crippen molar-refractivity contribution in [3.05, 3.63) is 28.3 Å². The molecule has 0 aliphatic carbocycles. The first-order chi connectivity index (χ1) is 9.00. The van der Waals surface area contributed by atoms with Crippen LogP contribution in [0.4, 0.5) is 0 Å². The summed E-state index contributed by atoms with van der Waals surface area (Å²) in [5.74, 6) is 0.497. The van der Waals surface area contributed by atoms with Gasteiger partial charge < -0.3 is 10.2 Å². The molecule has 0 saturated carbocycles. The molecule has 1 atom stereocenters. The molecule has 1 aliphatic rings. The lowest BCUT2D eigenvalue weighted by Gasteiger charge is -2.49. The highest BCUT2D eigenvalue weighted by atomic mass is 32.2. The summed E-state index contributed by atoms with van der Waals surface area (Å²) >= 11 is 1.92. The Morgan fingerprint density at radius 2 is 1.70 bits per heavy atom. The first-order valence-corrected chi connectivity index (χ1v) is 8.01. The largest absolute Gasteiger partial charge is 0.364 e. The third-order valence-corrected chi connectivity index (χ3v) is 6.79. The molecule has 1 aromatic rings. The maximum Gasteiger partial charge on any atom is 0.178 e. The van der Waals surface area contributed by atoms with E-state index in [0.717, 1.165) is 11.1 Å². The number of aryl methyl sites for hydroxylation is 1. The summed E-state index contributed by atoms with van der Waals surface area (Å²) in [5.41, 5.74) is 4.12. The van der Waals surface area contributed by atoms with E-state index < -0.39 is 6.29 Å². The maximum atomic E-state index is 9.62. The van der Waals surface area contributed by atoms with Crippen molar-refractivity contribution in [3.63, 3.8) is 0 Å². The van der Waals surface area contributed by atoms with E-state index in [2.05, 4.69) is 41.5 Å². The molecular formula is C17H26O2S. The Labute approximate surface area is 126 Å². The number of thioether (sulfide) groups is 1. The van der Waals surface area contributed by atoms with Crippen molar-refractivity contribution in [2.45, 2.75) is 69.8 Å². The molecular weight excluding hydrogens is 268 g/mol. The number of aliphatic hydroxyl groups excluding tert-OH is 1. The van der Waals surface area contributed by atoms with Crippen LogP contribution in [0.5, 0.6) is 0 Å². The molecule has 1 aromatic carbocycles. The van der Waals surface area contributed by atoms with Gasteiger partial charge in [-0.05, 0) is 47.9 Å². The number of fused-ring (bicyclic) bond motifs is 1. The maximum absolute atomic E-state index is 9.62. The molecule has 1 unspecified atom stereocenters. The summed E-state index contributed by atoms with van der Waals surface area (Å²) in [6.07, 6.45) is -1.40. The van der Waals surface area contributed by atoms with Gasteiger partial charge in [0.2, 0.25) is 0 Å². The zero-order chi connectivity index (χ0) is 15.5. The van der Waals surface area contributed by atoms with Gasteiger partial charge in [-0.15, -0.1) is 11.8 Å². The third kappa shape index (κ3) is 2.20. The minimum atomic E-state index is -1.40. The predicted octanol–water partition coefficient (Wildman–Crippen LogP) is 4.08. The van der Waals surface area contributed by atoms with E-state index in [1.54, 1.807) is 0 Å². The zero-order valence-electron chi connectivity index (χ0n) is 13.5. The van der Waals surface area contributed by atoms with Gasteiger partial charge in [-0.1, -0.05) is 34.6 Å². The Balaban J connectivity index is 2.79. The number of hydrogen-bond donors (Lipinski definition) is 2. The normalized spacial score (nSPS) is 23.8. The van der Waals surface area contributed by atoms with Crippen molar-refractivity contribution < 1.29 is 10.2 Å². The summed E-state index contributed by atoms with van der Waals surface area (Å²) in [7, 11) is 0. The van der Waals surface area contributed by atoms with Crippen molar-refractivity contribution in [3.8, 4) is 0 Å². The lowest BCUT2D eigenvalue weighted by Crippen LogP contribution is -2.44. The number of aliphatic hydroxyl groups is 2. The third-order valence-electron chi connectivity index (χ3n) is 5.18. The lowest BCUT2D eigenvalue weighted by molar-refractivity contribution is -0.0431.